The number of alkyl halides is 3. The molecule has 0 spiro atoms. The van der Waals surface area contributed by atoms with Gasteiger partial charge in [-0.15, -0.1) is 5.10 Å². The number of aromatic nitrogens is 4. The van der Waals surface area contributed by atoms with Crippen LogP contribution in [0.3, 0.4) is 0 Å². The van der Waals surface area contributed by atoms with Crippen LogP contribution >= 0.6 is 0 Å². The maximum absolute atomic E-state index is 13.6. The van der Waals surface area contributed by atoms with Gasteiger partial charge in [0.2, 0.25) is 0 Å². The van der Waals surface area contributed by atoms with Crippen LogP contribution in [0, 0.1) is 11.3 Å². The number of benzene rings is 2. The van der Waals surface area contributed by atoms with Crippen molar-refractivity contribution in [3.63, 3.8) is 0 Å². The zero-order valence-electron chi connectivity index (χ0n) is 23.4. The minimum absolute atomic E-state index is 0.0106. The summed E-state index contributed by atoms with van der Waals surface area (Å²) in [7, 11) is 1.27. The predicted octanol–water partition coefficient (Wildman–Crippen LogP) is 6.12. The van der Waals surface area contributed by atoms with Gasteiger partial charge in [0.15, 0.2) is 0 Å². The molecule has 1 heterocycles. The zero-order valence-corrected chi connectivity index (χ0v) is 23.4. The fraction of sp³-hybridized carbons (Fsp3) is 0.464. The van der Waals surface area contributed by atoms with Crippen LogP contribution in [0.2, 0.25) is 0 Å². The SMILES string of the molecule is COc1cc(NC(=O)N(Cc2ccc(C(=O)Nc3nn[nH]n3)cc2)C2CCC(C(C)(C)C)CC2)cc(C(F)(F)F)c1. The number of amides is 3. The number of halogens is 3. The van der Waals surface area contributed by atoms with Crippen molar-refractivity contribution in [1.82, 2.24) is 25.5 Å². The van der Waals surface area contributed by atoms with Crippen molar-refractivity contribution in [1.29, 1.82) is 0 Å². The standard InChI is InChI=1S/C28H34F3N7O3/c1-27(2,3)19-9-11-22(12-10-19)38(26(40)32-21-13-20(28(29,30)31)14-23(15-21)41-4)16-17-5-7-18(8-6-17)24(39)33-25-34-36-37-35-25/h5-8,13-15,19,22H,9-12,16H2,1-4H3,(H,32,40)(H2,33,34,35,36,37,39). The molecule has 2 aromatic carbocycles. The summed E-state index contributed by atoms with van der Waals surface area (Å²) in [6, 6.07) is 9.23. The molecule has 0 saturated heterocycles. The Bertz CT molecular complexity index is 1330. The van der Waals surface area contributed by atoms with Crippen molar-refractivity contribution in [3.05, 3.63) is 59.2 Å². The normalized spacial score (nSPS) is 17.5. The monoisotopic (exact) mass is 573 g/mol. The molecule has 1 saturated carbocycles. The summed E-state index contributed by atoms with van der Waals surface area (Å²) in [4.78, 5) is 27.7. The van der Waals surface area contributed by atoms with Crippen molar-refractivity contribution in [2.45, 2.75) is 65.2 Å². The first-order valence-electron chi connectivity index (χ1n) is 13.3. The van der Waals surface area contributed by atoms with Crippen LogP contribution in [0.15, 0.2) is 42.5 Å². The summed E-state index contributed by atoms with van der Waals surface area (Å²) in [5.74, 6) is 0.112. The maximum atomic E-state index is 13.6. The summed E-state index contributed by atoms with van der Waals surface area (Å²) in [5, 5.41) is 18.2. The Morgan fingerprint density at radius 3 is 2.27 bits per heavy atom. The zero-order chi connectivity index (χ0) is 29.8. The van der Waals surface area contributed by atoms with E-state index in [1.807, 2.05) is 0 Å². The first-order valence-corrected chi connectivity index (χ1v) is 13.3. The van der Waals surface area contributed by atoms with Crippen molar-refractivity contribution in [2.24, 2.45) is 11.3 Å². The minimum Gasteiger partial charge on any atom is -0.497 e. The lowest BCUT2D eigenvalue weighted by Gasteiger charge is -2.41. The first-order chi connectivity index (χ1) is 19.3. The van der Waals surface area contributed by atoms with E-state index in [1.54, 1.807) is 29.2 Å². The number of urea groups is 1. The third-order valence-corrected chi connectivity index (χ3v) is 7.48. The van der Waals surface area contributed by atoms with Gasteiger partial charge in [0, 0.05) is 29.9 Å². The number of anilines is 2. The number of carbonyl (C=O) groups is 2. The second-order valence-electron chi connectivity index (χ2n) is 11.3. The summed E-state index contributed by atoms with van der Waals surface area (Å²) < 4.78 is 45.4. The fourth-order valence-corrected chi connectivity index (χ4v) is 5.11. The number of H-pyrrole nitrogens is 1. The van der Waals surface area contributed by atoms with Crippen molar-refractivity contribution in [3.8, 4) is 5.75 Å². The third kappa shape index (κ3) is 7.74. The highest BCUT2D eigenvalue weighted by Crippen LogP contribution is 2.40. The van der Waals surface area contributed by atoms with Crippen LogP contribution in [0.5, 0.6) is 5.75 Å². The van der Waals surface area contributed by atoms with Crippen molar-refractivity contribution in [2.75, 3.05) is 17.7 Å². The van der Waals surface area contributed by atoms with E-state index in [0.717, 1.165) is 43.4 Å². The second kappa shape index (κ2) is 12.1. The fourth-order valence-electron chi connectivity index (χ4n) is 5.11. The van der Waals surface area contributed by atoms with Crippen molar-refractivity contribution < 1.29 is 27.5 Å². The van der Waals surface area contributed by atoms with E-state index in [4.69, 9.17) is 4.74 Å². The molecule has 0 radical (unpaired) electrons. The summed E-state index contributed by atoms with van der Waals surface area (Å²) in [5.41, 5.74) is 0.333. The highest BCUT2D eigenvalue weighted by atomic mass is 19.4. The van der Waals surface area contributed by atoms with Crippen LogP contribution in [0.1, 0.15) is 67.9 Å². The van der Waals surface area contributed by atoms with E-state index in [2.05, 4.69) is 52.0 Å². The maximum Gasteiger partial charge on any atom is 0.416 e. The number of hydrogen-bond acceptors (Lipinski definition) is 6. The van der Waals surface area contributed by atoms with E-state index in [-0.39, 0.29) is 35.4 Å². The Labute approximate surface area is 236 Å². The Kier molecular flexibility index (Phi) is 8.83. The molecule has 0 atom stereocenters. The van der Waals surface area contributed by atoms with Crippen LogP contribution in [0.25, 0.3) is 0 Å². The Hall–Kier alpha value is -4.16. The van der Waals surface area contributed by atoms with Crippen molar-refractivity contribution >= 4 is 23.6 Å². The van der Waals surface area contributed by atoms with Crippen LogP contribution in [-0.2, 0) is 12.7 Å². The molecule has 220 valence electrons. The lowest BCUT2D eigenvalue weighted by Crippen LogP contribution is -2.45. The van der Waals surface area contributed by atoms with E-state index >= 15 is 0 Å². The number of tetrazole rings is 1. The molecule has 13 heteroatoms. The predicted molar refractivity (Wildman–Crippen MR) is 146 cm³/mol. The molecule has 10 nitrogen and oxygen atoms in total. The van der Waals surface area contributed by atoms with Gasteiger partial charge in [-0.05, 0) is 72.1 Å². The molecule has 1 aromatic heterocycles. The first kappa shape index (κ1) is 29.8. The highest BCUT2D eigenvalue weighted by Gasteiger charge is 2.35. The Balaban J connectivity index is 1.54. The summed E-state index contributed by atoms with van der Waals surface area (Å²) in [6.45, 7) is 6.83. The molecule has 41 heavy (non-hydrogen) atoms. The average Bonchev–Trinajstić information content (AvgIpc) is 3.44. The third-order valence-electron chi connectivity index (χ3n) is 7.48. The summed E-state index contributed by atoms with van der Waals surface area (Å²) >= 11 is 0. The average molecular weight is 574 g/mol. The van der Waals surface area contributed by atoms with Crippen LogP contribution in [-0.4, -0.2) is 50.6 Å². The van der Waals surface area contributed by atoms with Gasteiger partial charge >= 0.3 is 12.2 Å². The van der Waals surface area contributed by atoms with Gasteiger partial charge in [0.25, 0.3) is 11.9 Å². The molecule has 0 unspecified atom stereocenters. The highest BCUT2D eigenvalue weighted by molar-refractivity contribution is 6.03. The lowest BCUT2D eigenvalue weighted by molar-refractivity contribution is -0.137. The van der Waals surface area contributed by atoms with Crippen LogP contribution in [0.4, 0.5) is 29.6 Å². The number of nitrogens with one attached hydrogen (secondary N) is 3. The number of hydrogen-bond donors (Lipinski definition) is 3. The Morgan fingerprint density at radius 1 is 1.02 bits per heavy atom. The summed E-state index contributed by atoms with van der Waals surface area (Å²) in [6.07, 6.45) is -1.19. The van der Waals surface area contributed by atoms with E-state index < -0.39 is 23.7 Å². The van der Waals surface area contributed by atoms with Crippen LogP contribution < -0.4 is 15.4 Å². The lowest BCUT2D eigenvalue weighted by atomic mass is 9.71. The largest absolute Gasteiger partial charge is 0.497 e. The number of carbonyl (C=O) groups excluding carboxylic acids is 2. The Morgan fingerprint density at radius 2 is 1.71 bits per heavy atom. The molecule has 1 aliphatic rings. The van der Waals surface area contributed by atoms with Gasteiger partial charge in [0.1, 0.15) is 5.75 Å². The molecule has 3 aromatic rings. The molecule has 3 amide bonds. The minimum atomic E-state index is -4.60. The van der Waals surface area contributed by atoms with Gasteiger partial charge in [-0.25, -0.2) is 4.79 Å². The van der Waals surface area contributed by atoms with Gasteiger partial charge in [-0.2, -0.15) is 18.4 Å². The molecule has 1 aliphatic carbocycles. The van der Waals surface area contributed by atoms with E-state index in [9.17, 15) is 22.8 Å². The smallest absolute Gasteiger partial charge is 0.416 e. The quantitative estimate of drug-likeness (QED) is 0.313. The number of ether oxygens (including phenoxy) is 1. The van der Waals surface area contributed by atoms with E-state index in [0.29, 0.717) is 11.5 Å². The molecular formula is C28H34F3N7O3. The van der Waals surface area contributed by atoms with Gasteiger partial charge < -0.3 is 15.0 Å². The van der Waals surface area contributed by atoms with Gasteiger partial charge in [-0.1, -0.05) is 38.0 Å². The molecule has 1 fully saturated rings. The number of aromatic amines is 1. The molecule has 4 rings (SSSR count). The van der Waals surface area contributed by atoms with E-state index in [1.165, 1.54) is 13.2 Å². The molecule has 0 bridgehead atoms. The molecule has 0 aliphatic heterocycles. The molecular weight excluding hydrogens is 539 g/mol. The number of methoxy groups -OCH3 is 1. The van der Waals surface area contributed by atoms with Gasteiger partial charge in [0.05, 0.1) is 12.7 Å². The van der Waals surface area contributed by atoms with Gasteiger partial charge in [-0.3, -0.25) is 10.1 Å². The second-order valence-corrected chi connectivity index (χ2v) is 11.3. The molecule has 3 N–H and O–H groups in total. The number of rotatable bonds is 7. The topological polar surface area (TPSA) is 125 Å². The number of nitrogens with zero attached hydrogens (tertiary/aromatic N) is 4.